The zero-order valence-corrected chi connectivity index (χ0v) is 15.5. The number of hydrogen-bond acceptors (Lipinski definition) is 3. The number of benzene rings is 2. The molecule has 1 heterocycles. The summed E-state index contributed by atoms with van der Waals surface area (Å²) >= 11 is 6.86. The van der Waals surface area contributed by atoms with Crippen LogP contribution in [0.2, 0.25) is 0 Å². The van der Waals surface area contributed by atoms with Crippen molar-refractivity contribution >= 4 is 49.0 Å². The SMILES string of the molecule is CCc1nc2ccc(Br)cc2c(=O)n1N=Cc1ccccc1Br. The van der Waals surface area contributed by atoms with Crippen LogP contribution in [0.3, 0.4) is 0 Å². The first-order chi connectivity index (χ1) is 11.1. The summed E-state index contributed by atoms with van der Waals surface area (Å²) in [4.78, 5) is 17.3. The molecule has 2 aromatic carbocycles. The standard InChI is InChI=1S/C17H13Br2N3O/c1-2-16-21-15-8-7-12(18)9-13(15)17(23)22(16)20-10-11-5-3-4-6-14(11)19/h3-10H,2H2,1H3. The molecule has 0 radical (unpaired) electrons. The minimum absolute atomic E-state index is 0.170. The van der Waals surface area contributed by atoms with Gasteiger partial charge in [-0.3, -0.25) is 4.79 Å². The topological polar surface area (TPSA) is 47.2 Å². The van der Waals surface area contributed by atoms with E-state index >= 15 is 0 Å². The number of halogens is 2. The van der Waals surface area contributed by atoms with Crippen LogP contribution in [0.5, 0.6) is 0 Å². The summed E-state index contributed by atoms with van der Waals surface area (Å²) in [6, 6.07) is 13.2. The highest BCUT2D eigenvalue weighted by molar-refractivity contribution is 9.10. The number of aromatic nitrogens is 2. The first-order valence-electron chi connectivity index (χ1n) is 7.10. The van der Waals surface area contributed by atoms with Gasteiger partial charge in [-0.15, -0.1) is 0 Å². The zero-order valence-electron chi connectivity index (χ0n) is 12.3. The van der Waals surface area contributed by atoms with Gasteiger partial charge in [-0.2, -0.15) is 9.78 Å². The summed E-state index contributed by atoms with van der Waals surface area (Å²) in [5.41, 5.74) is 1.41. The van der Waals surface area contributed by atoms with Crippen LogP contribution < -0.4 is 5.56 Å². The third-order valence-corrected chi connectivity index (χ3v) is 4.62. The van der Waals surface area contributed by atoms with E-state index in [1.54, 1.807) is 12.3 Å². The lowest BCUT2D eigenvalue weighted by atomic mass is 10.2. The molecule has 0 amide bonds. The fourth-order valence-electron chi connectivity index (χ4n) is 2.24. The van der Waals surface area contributed by atoms with E-state index in [1.807, 2.05) is 43.3 Å². The van der Waals surface area contributed by atoms with Crippen LogP contribution in [-0.2, 0) is 6.42 Å². The summed E-state index contributed by atoms with van der Waals surface area (Å²) < 4.78 is 3.13. The molecule has 4 nitrogen and oxygen atoms in total. The molecule has 0 fully saturated rings. The van der Waals surface area contributed by atoms with Crippen molar-refractivity contribution in [2.45, 2.75) is 13.3 Å². The molecule has 23 heavy (non-hydrogen) atoms. The largest absolute Gasteiger partial charge is 0.282 e. The second kappa shape index (κ2) is 6.76. The van der Waals surface area contributed by atoms with Gasteiger partial charge in [0, 0.05) is 20.9 Å². The first-order valence-corrected chi connectivity index (χ1v) is 8.69. The average molecular weight is 435 g/mol. The van der Waals surface area contributed by atoms with Gasteiger partial charge in [-0.05, 0) is 24.3 Å². The Kier molecular flexibility index (Phi) is 4.73. The lowest BCUT2D eigenvalue weighted by molar-refractivity contribution is 0.734. The van der Waals surface area contributed by atoms with Crippen LogP contribution >= 0.6 is 31.9 Å². The fourth-order valence-corrected chi connectivity index (χ4v) is 2.99. The van der Waals surface area contributed by atoms with E-state index < -0.39 is 0 Å². The van der Waals surface area contributed by atoms with E-state index in [1.165, 1.54) is 4.68 Å². The average Bonchev–Trinajstić information content (AvgIpc) is 2.55. The van der Waals surface area contributed by atoms with Crippen LogP contribution in [-0.4, -0.2) is 15.9 Å². The van der Waals surface area contributed by atoms with Crippen molar-refractivity contribution in [2.24, 2.45) is 5.10 Å². The van der Waals surface area contributed by atoms with Gasteiger partial charge in [0.1, 0.15) is 5.82 Å². The molecule has 0 N–H and O–H groups in total. The van der Waals surface area contributed by atoms with E-state index in [-0.39, 0.29) is 5.56 Å². The molecule has 0 atom stereocenters. The van der Waals surface area contributed by atoms with E-state index in [2.05, 4.69) is 41.9 Å². The van der Waals surface area contributed by atoms with Crippen LogP contribution in [0.25, 0.3) is 10.9 Å². The molecule has 3 rings (SSSR count). The fraction of sp³-hybridized carbons (Fsp3) is 0.118. The predicted molar refractivity (Wildman–Crippen MR) is 100 cm³/mol. The highest BCUT2D eigenvalue weighted by atomic mass is 79.9. The van der Waals surface area contributed by atoms with Gasteiger partial charge in [0.05, 0.1) is 17.1 Å². The minimum atomic E-state index is -0.170. The van der Waals surface area contributed by atoms with Gasteiger partial charge in [0.25, 0.3) is 5.56 Å². The van der Waals surface area contributed by atoms with Crippen molar-refractivity contribution in [1.29, 1.82) is 0 Å². The maximum atomic E-state index is 12.7. The molecule has 0 aliphatic carbocycles. The Morgan fingerprint density at radius 2 is 2.00 bits per heavy atom. The Labute approximate surface area is 150 Å². The van der Waals surface area contributed by atoms with Gasteiger partial charge in [-0.25, -0.2) is 4.98 Å². The Bertz CT molecular complexity index is 964. The number of hydrogen-bond donors (Lipinski definition) is 0. The molecule has 0 saturated carbocycles. The van der Waals surface area contributed by atoms with Gasteiger partial charge in [-0.1, -0.05) is 57.0 Å². The molecule has 0 bridgehead atoms. The molecular formula is C17H13Br2N3O. The highest BCUT2D eigenvalue weighted by Crippen LogP contribution is 2.17. The Hall–Kier alpha value is -1.79. The molecule has 0 unspecified atom stereocenters. The Morgan fingerprint density at radius 3 is 2.74 bits per heavy atom. The van der Waals surface area contributed by atoms with Crippen molar-refractivity contribution in [1.82, 2.24) is 9.66 Å². The van der Waals surface area contributed by atoms with E-state index in [9.17, 15) is 4.79 Å². The molecule has 0 aliphatic rings. The van der Waals surface area contributed by atoms with Crippen LogP contribution in [0.15, 0.2) is 61.3 Å². The van der Waals surface area contributed by atoms with Crippen LogP contribution in [0, 0.1) is 0 Å². The predicted octanol–water partition coefficient (Wildman–Crippen LogP) is 4.37. The van der Waals surface area contributed by atoms with E-state index in [4.69, 9.17) is 0 Å². The molecular weight excluding hydrogens is 422 g/mol. The third-order valence-electron chi connectivity index (χ3n) is 3.41. The molecule has 1 aromatic heterocycles. The van der Waals surface area contributed by atoms with E-state index in [0.29, 0.717) is 23.1 Å². The zero-order chi connectivity index (χ0) is 16.4. The van der Waals surface area contributed by atoms with Gasteiger partial charge in [0.15, 0.2) is 0 Å². The summed E-state index contributed by atoms with van der Waals surface area (Å²) in [5, 5.41) is 4.90. The summed E-state index contributed by atoms with van der Waals surface area (Å²) in [7, 11) is 0. The number of aryl methyl sites for hydroxylation is 1. The summed E-state index contributed by atoms with van der Waals surface area (Å²) in [6.07, 6.45) is 2.28. The van der Waals surface area contributed by atoms with Crippen molar-refractivity contribution in [3.05, 3.63) is 73.2 Å². The van der Waals surface area contributed by atoms with Crippen molar-refractivity contribution < 1.29 is 0 Å². The molecule has 116 valence electrons. The Balaban J connectivity index is 2.18. The molecule has 0 aliphatic heterocycles. The van der Waals surface area contributed by atoms with E-state index in [0.717, 1.165) is 14.5 Å². The Morgan fingerprint density at radius 1 is 1.22 bits per heavy atom. The van der Waals surface area contributed by atoms with Gasteiger partial charge in [0.2, 0.25) is 0 Å². The van der Waals surface area contributed by atoms with Crippen LogP contribution in [0.1, 0.15) is 18.3 Å². The molecule has 0 spiro atoms. The maximum absolute atomic E-state index is 12.7. The van der Waals surface area contributed by atoms with Crippen molar-refractivity contribution in [3.63, 3.8) is 0 Å². The highest BCUT2D eigenvalue weighted by Gasteiger charge is 2.09. The van der Waals surface area contributed by atoms with Gasteiger partial charge >= 0.3 is 0 Å². The lowest BCUT2D eigenvalue weighted by Gasteiger charge is -2.07. The minimum Gasteiger partial charge on any atom is -0.267 e. The molecule has 0 saturated heterocycles. The molecule has 3 aromatic rings. The van der Waals surface area contributed by atoms with Crippen molar-refractivity contribution in [3.8, 4) is 0 Å². The quantitative estimate of drug-likeness (QED) is 0.574. The smallest absolute Gasteiger partial charge is 0.267 e. The monoisotopic (exact) mass is 433 g/mol. The summed E-state index contributed by atoms with van der Waals surface area (Å²) in [6.45, 7) is 1.96. The van der Waals surface area contributed by atoms with Gasteiger partial charge < -0.3 is 0 Å². The maximum Gasteiger partial charge on any atom is 0.282 e. The normalized spacial score (nSPS) is 11.4. The number of fused-ring (bicyclic) bond motifs is 1. The number of nitrogens with zero attached hydrogens (tertiary/aromatic N) is 3. The van der Waals surface area contributed by atoms with Crippen molar-refractivity contribution in [2.75, 3.05) is 0 Å². The first kappa shape index (κ1) is 16.1. The second-order valence-electron chi connectivity index (χ2n) is 4.93. The second-order valence-corrected chi connectivity index (χ2v) is 6.70. The third kappa shape index (κ3) is 3.28. The van der Waals surface area contributed by atoms with Crippen LogP contribution in [0.4, 0.5) is 0 Å². The molecule has 6 heteroatoms. The lowest BCUT2D eigenvalue weighted by Crippen LogP contribution is -2.22. The number of rotatable bonds is 3. The summed E-state index contributed by atoms with van der Waals surface area (Å²) in [5.74, 6) is 0.633.